The van der Waals surface area contributed by atoms with Gasteiger partial charge in [0.1, 0.15) is 5.71 Å². The zero-order valence-corrected chi connectivity index (χ0v) is 11.8. The molecule has 7 heteroatoms. The lowest BCUT2D eigenvalue weighted by Gasteiger charge is -2.06. The Hall–Kier alpha value is -2.70. The summed E-state index contributed by atoms with van der Waals surface area (Å²) >= 11 is 0. The van der Waals surface area contributed by atoms with Crippen LogP contribution in [0.1, 0.15) is 26.1 Å². The summed E-state index contributed by atoms with van der Waals surface area (Å²) in [6.45, 7) is 3.32. The maximum Gasteiger partial charge on any atom is 0.231 e. The highest BCUT2D eigenvalue weighted by atomic mass is 16.6. The number of oxime groups is 1. The van der Waals surface area contributed by atoms with Gasteiger partial charge in [-0.3, -0.25) is 10.1 Å². The summed E-state index contributed by atoms with van der Waals surface area (Å²) in [7, 11) is 0. The van der Waals surface area contributed by atoms with Gasteiger partial charge in [0.15, 0.2) is 5.82 Å². The molecule has 1 atom stereocenters. The van der Waals surface area contributed by atoms with E-state index >= 15 is 0 Å². The van der Waals surface area contributed by atoms with Crippen molar-refractivity contribution in [2.45, 2.75) is 26.3 Å². The van der Waals surface area contributed by atoms with E-state index in [-0.39, 0.29) is 10.6 Å². The molecule has 1 heterocycles. The van der Waals surface area contributed by atoms with E-state index in [2.05, 4.69) is 15.1 Å². The fourth-order valence-electron chi connectivity index (χ4n) is 2.05. The van der Waals surface area contributed by atoms with Crippen molar-refractivity contribution in [1.29, 1.82) is 0 Å². The SMILES string of the molecule is CC/C(=C\C(=N/O)c1nc2ccccc2[nH]1)C(C)[N+](=O)[O-]. The van der Waals surface area contributed by atoms with Crippen LogP contribution in [0.25, 0.3) is 11.0 Å². The first-order valence-corrected chi connectivity index (χ1v) is 6.58. The summed E-state index contributed by atoms with van der Waals surface area (Å²) in [5.41, 5.74) is 2.29. The van der Waals surface area contributed by atoms with E-state index in [4.69, 9.17) is 0 Å². The number of benzene rings is 1. The highest BCUT2D eigenvalue weighted by molar-refractivity contribution is 6.07. The lowest BCUT2D eigenvalue weighted by molar-refractivity contribution is -0.507. The molecule has 0 fully saturated rings. The number of nitrogens with one attached hydrogen (secondary N) is 1. The topological polar surface area (TPSA) is 104 Å². The lowest BCUT2D eigenvalue weighted by atomic mass is 10.0. The van der Waals surface area contributed by atoms with Gasteiger partial charge < -0.3 is 10.2 Å². The van der Waals surface area contributed by atoms with E-state index in [9.17, 15) is 15.3 Å². The third kappa shape index (κ3) is 3.07. The standard InChI is InChI=1S/C14H16N4O3/c1-3-10(9(2)18(20)21)8-13(17-19)14-15-11-6-4-5-7-12(11)16-14/h4-9,19H,3H2,1-2H3,(H,15,16)/b10-8+,17-13+. The van der Waals surface area contributed by atoms with Gasteiger partial charge >= 0.3 is 0 Å². The van der Waals surface area contributed by atoms with E-state index in [1.807, 2.05) is 31.2 Å². The molecule has 0 amide bonds. The normalized spacial score (nSPS) is 14.4. The van der Waals surface area contributed by atoms with Gasteiger partial charge in [-0.1, -0.05) is 24.2 Å². The van der Waals surface area contributed by atoms with Gasteiger partial charge in [-0.05, 0) is 24.6 Å². The molecule has 1 aromatic carbocycles. The molecule has 110 valence electrons. The predicted octanol–water partition coefficient (Wildman–Crippen LogP) is 2.74. The fraction of sp³-hybridized carbons (Fsp3) is 0.286. The number of hydrogen-bond acceptors (Lipinski definition) is 5. The van der Waals surface area contributed by atoms with Gasteiger partial charge in [-0.25, -0.2) is 4.98 Å². The molecular weight excluding hydrogens is 272 g/mol. The van der Waals surface area contributed by atoms with Gasteiger partial charge in [0.2, 0.25) is 6.04 Å². The predicted molar refractivity (Wildman–Crippen MR) is 79.2 cm³/mol. The molecule has 0 saturated carbocycles. The minimum Gasteiger partial charge on any atom is -0.410 e. The maximum absolute atomic E-state index is 10.9. The van der Waals surface area contributed by atoms with Crippen molar-refractivity contribution in [1.82, 2.24) is 9.97 Å². The molecule has 0 aliphatic heterocycles. The van der Waals surface area contributed by atoms with Crippen molar-refractivity contribution >= 4 is 16.7 Å². The molecule has 0 spiro atoms. The molecule has 2 N–H and O–H groups in total. The number of para-hydroxylation sites is 2. The molecule has 0 aliphatic carbocycles. The van der Waals surface area contributed by atoms with Crippen LogP contribution >= 0.6 is 0 Å². The van der Waals surface area contributed by atoms with E-state index in [1.54, 1.807) is 0 Å². The number of H-pyrrole nitrogens is 1. The molecule has 2 aromatic rings. The number of aromatic amines is 1. The quantitative estimate of drug-likeness (QED) is 0.382. The van der Waals surface area contributed by atoms with Crippen LogP contribution in [-0.4, -0.2) is 31.9 Å². The Bertz CT molecular complexity index is 685. The van der Waals surface area contributed by atoms with Gasteiger partial charge in [0.05, 0.1) is 11.0 Å². The first-order chi connectivity index (χ1) is 10.1. The largest absolute Gasteiger partial charge is 0.410 e. The Morgan fingerprint density at radius 1 is 1.57 bits per heavy atom. The molecule has 1 unspecified atom stereocenters. The molecule has 21 heavy (non-hydrogen) atoms. The molecule has 0 radical (unpaired) electrons. The summed E-state index contributed by atoms with van der Waals surface area (Å²) in [5, 5.41) is 23.3. The minimum absolute atomic E-state index is 0.178. The molecule has 0 aliphatic rings. The van der Waals surface area contributed by atoms with Crippen molar-refractivity contribution < 1.29 is 10.1 Å². The summed E-state index contributed by atoms with van der Waals surface area (Å²) in [4.78, 5) is 17.9. The second-order valence-corrected chi connectivity index (χ2v) is 4.62. The van der Waals surface area contributed by atoms with E-state index in [0.29, 0.717) is 17.8 Å². The van der Waals surface area contributed by atoms with Crippen LogP contribution in [0.4, 0.5) is 0 Å². The molecule has 0 bridgehead atoms. The Kier molecular flexibility index (Phi) is 4.32. The van der Waals surface area contributed by atoms with Crippen molar-refractivity contribution in [2.24, 2.45) is 5.16 Å². The van der Waals surface area contributed by atoms with Gasteiger partial charge in [0.25, 0.3) is 0 Å². The maximum atomic E-state index is 10.9. The van der Waals surface area contributed by atoms with E-state index in [1.165, 1.54) is 13.0 Å². The highest BCUT2D eigenvalue weighted by Crippen LogP contribution is 2.15. The number of fused-ring (bicyclic) bond motifs is 1. The number of nitrogens with zero attached hydrogens (tertiary/aromatic N) is 3. The first-order valence-electron chi connectivity index (χ1n) is 6.58. The zero-order chi connectivity index (χ0) is 15.4. The smallest absolute Gasteiger partial charge is 0.231 e. The third-order valence-corrected chi connectivity index (χ3v) is 3.32. The second kappa shape index (κ2) is 6.17. The second-order valence-electron chi connectivity index (χ2n) is 4.62. The summed E-state index contributed by atoms with van der Waals surface area (Å²) in [6, 6.07) is 6.56. The van der Waals surface area contributed by atoms with Crippen LogP contribution in [-0.2, 0) is 0 Å². The van der Waals surface area contributed by atoms with Crippen molar-refractivity contribution in [3.63, 3.8) is 0 Å². The minimum atomic E-state index is -0.837. The van der Waals surface area contributed by atoms with Crippen LogP contribution < -0.4 is 0 Å². The van der Waals surface area contributed by atoms with Crippen molar-refractivity contribution in [3.8, 4) is 0 Å². The Balaban J connectivity index is 2.41. The van der Waals surface area contributed by atoms with Crippen LogP contribution in [0.5, 0.6) is 0 Å². The Morgan fingerprint density at radius 2 is 2.29 bits per heavy atom. The molecule has 7 nitrogen and oxygen atoms in total. The third-order valence-electron chi connectivity index (χ3n) is 3.32. The summed E-state index contributed by atoms with van der Waals surface area (Å²) in [5.74, 6) is 0.375. The molecule has 1 aromatic heterocycles. The number of imidazole rings is 1. The molecule has 2 rings (SSSR count). The Labute approximate surface area is 121 Å². The number of aromatic nitrogens is 2. The van der Waals surface area contributed by atoms with Gasteiger partial charge in [-0.15, -0.1) is 0 Å². The fourth-order valence-corrected chi connectivity index (χ4v) is 2.05. The summed E-state index contributed by atoms with van der Waals surface area (Å²) in [6.07, 6.45) is 1.99. The molecular formula is C14H16N4O3. The van der Waals surface area contributed by atoms with E-state index < -0.39 is 6.04 Å². The van der Waals surface area contributed by atoms with Crippen LogP contribution in [0.15, 0.2) is 41.1 Å². The molecule has 0 saturated heterocycles. The lowest BCUT2D eigenvalue weighted by Crippen LogP contribution is -2.18. The number of hydrogen-bond donors (Lipinski definition) is 2. The van der Waals surface area contributed by atoms with Crippen LogP contribution in [0.2, 0.25) is 0 Å². The zero-order valence-electron chi connectivity index (χ0n) is 11.8. The highest BCUT2D eigenvalue weighted by Gasteiger charge is 2.19. The monoisotopic (exact) mass is 288 g/mol. The van der Waals surface area contributed by atoms with Crippen molar-refractivity contribution in [3.05, 3.63) is 51.9 Å². The van der Waals surface area contributed by atoms with Gasteiger partial charge in [0, 0.05) is 17.4 Å². The number of nitro groups is 1. The number of rotatable bonds is 5. The number of allylic oxidation sites excluding steroid dienone is 1. The average molecular weight is 288 g/mol. The Morgan fingerprint density at radius 3 is 2.86 bits per heavy atom. The van der Waals surface area contributed by atoms with E-state index in [0.717, 1.165) is 11.0 Å². The van der Waals surface area contributed by atoms with Crippen LogP contribution in [0.3, 0.4) is 0 Å². The van der Waals surface area contributed by atoms with Crippen LogP contribution in [0, 0.1) is 10.1 Å². The van der Waals surface area contributed by atoms with Gasteiger partial charge in [-0.2, -0.15) is 0 Å². The van der Waals surface area contributed by atoms with Crippen molar-refractivity contribution in [2.75, 3.05) is 0 Å². The summed E-state index contributed by atoms with van der Waals surface area (Å²) < 4.78 is 0. The average Bonchev–Trinajstić information content (AvgIpc) is 2.91. The first kappa shape index (κ1) is 14.7.